The van der Waals surface area contributed by atoms with Gasteiger partial charge in [-0.05, 0) is 34.9 Å². The van der Waals surface area contributed by atoms with Crippen LogP contribution in [0, 0.1) is 0 Å². The van der Waals surface area contributed by atoms with E-state index in [1.165, 1.54) is 6.92 Å². The van der Waals surface area contributed by atoms with Crippen LogP contribution in [0.1, 0.15) is 20.8 Å². The highest BCUT2D eigenvalue weighted by atomic mass is 32.3. The van der Waals surface area contributed by atoms with E-state index in [2.05, 4.69) is 21.4 Å². The zero-order valence-corrected chi connectivity index (χ0v) is 12.4. The van der Waals surface area contributed by atoms with Crippen LogP contribution in [0.2, 0.25) is 0 Å². The lowest BCUT2D eigenvalue weighted by molar-refractivity contribution is -0.117. The van der Waals surface area contributed by atoms with Gasteiger partial charge in [-0.15, -0.1) is 0 Å². The van der Waals surface area contributed by atoms with E-state index in [1.54, 1.807) is 6.92 Å². The molecule has 110 valence electrons. The predicted molar refractivity (Wildman–Crippen MR) is 71.7 cm³/mol. The molecule has 0 aliphatic carbocycles. The minimum atomic E-state index is -4.17. The first-order valence-electron chi connectivity index (χ1n) is 5.30. The Morgan fingerprint density at radius 3 is 1.78 bits per heavy atom. The van der Waals surface area contributed by atoms with E-state index in [9.17, 15) is 13.2 Å². The van der Waals surface area contributed by atoms with E-state index in [0.29, 0.717) is 12.1 Å². The molecule has 8 heteroatoms. The van der Waals surface area contributed by atoms with E-state index in [-0.39, 0.29) is 12.5 Å². The molecule has 0 radical (unpaired) electrons. The molecule has 0 aliphatic heterocycles. The maximum Gasteiger partial charge on any atom is 0.397 e. The van der Waals surface area contributed by atoms with Crippen molar-refractivity contribution in [2.24, 2.45) is 0 Å². The number of likely N-dealkylation sites (N-methyl/N-ethyl adjacent to an activating group) is 1. The summed E-state index contributed by atoms with van der Waals surface area (Å²) >= 11 is 0. The molecule has 0 bridgehead atoms. The molecule has 0 saturated carbocycles. The Morgan fingerprint density at radius 2 is 1.72 bits per heavy atom. The van der Waals surface area contributed by atoms with E-state index in [1.807, 2.05) is 21.0 Å². The topological polar surface area (TPSA) is 105 Å². The molecule has 0 aromatic carbocycles. The first kappa shape index (κ1) is 22.2. The third-order valence-electron chi connectivity index (χ3n) is 0.992. The Labute approximate surface area is 110 Å². The Hall–Kier alpha value is -0.960. The third-order valence-corrected chi connectivity index (χ3v) is 1.53. The second kappa shape index (κ2) is 14.1. The number of nitrogens with one attached hydrogen (secondary N) is 2. The third kappa shape index (κ3) is 29.4. The highest BCUT2D eigenvalue weighted by Crippen LogP contribution is 1.83. The maximum absolute atomic E-state index is 10.5. The average molecular weight is 284 g/mol. The van der Waals surface area contributed by atoms with Gasteiger partial charge in [-0.25, -0.2) is 4.18 Å². The quantitative estimate of drug-likeness (QED) is 0.508. The summed E-state index contributed by atoms with van der Waals surface area (Å²) in [6.45, 7) is 9.13. The van der Waals surface area contributed by atoms with Gasteiger partial charge in [0.2, 0.25) is 5.91 Å². The molecule has 18 heavy (non-hydrogen) atoms. The molecule has 7 nitrogen and oxygen atoms in total. The van der Waals surface area contributed by atoms with Gasteiger partial charge in [0.15, 0.2) is 0 Å². The molecular weight excluding hydrogens is 260 g/mol. The van der Waals surface area contributed by atoms with Gasteiger partial charge in [0.25, 0.3) is 0 Å². The molecule has 0 unspecified atom stereocenters. The van der Waals surface area contributed by atoms with Crippen molar-refractivity contribution < 1.29 is 21.9 Å². The molecular formula is C10H24N2O5S. The van der Waals surface area contributed by atoms with Crippen LogP contribution < -0.4 is 10.6 Å². The second-order valence-corrected chi connectivity index (χ2v) is 4.07. The van der Waals surface area contributed by atoms with Gasteiger partial charge >= 0.3 is 10.4 Å². The van der Waals surface area contributed by atoms with Crippen LogP contribution in [0.4, 0.5) is 0 Å². The van der Waals surface area contributed by atoms with Crippen molar-refractivity contribution in [3.63, 3.8) is 0 Å². The molecule has 0 aromatic rings. The summed E-state index contributed by atoms with van der Waals surface area (Å²) in [5, 5.41) is 5.36. The Balaban J connectivity index is -0.000000207. The van der Waals surface area contributed by atoms with Crippen molar-refractivity contribution in [2.75, 3.05) is 27.2 Å². The monoisotopic (exact) mass is 284 g/mol. The summed E-state index contributed by atoms with van der Waals surface area (Å²) in [6.07, 6.45) is 0. The van der Waals surface area contributed by atoms with Crippen molar-refractivity contribution in [1.29, 1.82) is 0 Å². The van der Waals surface area contributed by atoms with Crippen LogP contribution >= 0.6 is 0 Å². The number of amides is 1. The van der Waals surface area contributed by atoms with E-state index >= 15 is 0 Å². The number of rotatable bonds is 4. The van der Waals surface area contributed by atoms with Crippen molar-refractivity contribution in [3.8, 4) is 0 Å². The number of carbonyl (C=O) groups is 1. The summed E-state index contributed by atoms with van der Waals surface area (Å²) in [5.74, 6) is -0.0625. The van der Waals surface area contributed by atoms with Crippen LogP contribution in [0.5, 0.6) is 0 Å². The van der Waals surface area contributed by atoms with Crippen LogP contribution in [-0.2, 0) is 19.4 Å². The van der Waals surface area contributed by atoms with Crippen molar-refractivity contribution in [3.05, 3.63) is 12.2 Å². The highest BCUT2D eigenvalue weighted by molar-refractivity contribution is 7.80. The molecule has 0 rings (SSSR count). The van der Waals surface area contributed by atoms with E-state index in [4.69, 9.17) is 4.55 Å². The Morgan fingerprint density at radius 1 is 1.33 bits per heavy atom. The van der Waals surface area contributed by atoms with Gasteiger partial charge in [-0.1, -0.05) is 6.58 Å². The standard InChI is InChI=1S/C6H11NO.C2H7N.C2H6O4S/c1-4-7-6(8)5(2)3;1-3-2;1-2-6-7(3,4)5/h2,4H2,1,3H3,(H,7,8);3H,1-2H3;2H2,1H3,(H,3,4,5). The lowest BCUT2D eigenvalue weighted by atomic mass is 10.3. The summed E-state index contributed by atoms with van der Waals surface area (Å²) < 4.78 is 30.7. The highest BCUT2D eigenvalue weighted by Gasteiger charge is 1.98. The first-order chi connectivity index (χ1) is 8.16. The number of hydrogen-bond donors (Lipinski definition) is 3. The molecule has 0 saturated heterocycles. The minimum Gasteiger partial charge on any atom is -0.353 e. The first-order valence-corrected chi connectivity index (χ1v) is 6.66. The van der Waals surface area contributed by atoms with E-state index < -0.39 is 10.4 Å². The van der Waals surface area contributed by atoms with Gasteiger partial charge in [-0.3, -0.25) is 9.35 Å². The summed E-state index contributed by atoms with van der Waals surface area (Å²) in [7, 11) is -0.424. The predicted octanol–water partition coefficient (Wildman–Crippen LogP) is 0.360. The maximum atomic E-state index is 10.5. The fourth-order valence-electron chi connectivity index (χ4n) is 0.460. The van der Waals surface area contributed by atoms with Gasteiger partial charge in [0.05, 0.1) is 6.61 Å². The molecule has 0 spiro atoms. The molecule has 0 heterocycles. The summed E-state index contributed by atoms with van der Waals surface area (Å²) in [4.78, 5) is 10.5. The Bertz CT molecular complexity index is 314. The van der Waals surface area contributed by atoms with Crippen LogP contribution in [0.25, 0.3) is 0 Å². The molecule has 0 atom stereocenters. The zero-order valence-electron chi connectivity index (χ0n) is 11.6. The minimum absolute atomic E-state index is 0.0289. The lowest BCUT2D eigenvalue weighted by Crippen LogP contribution is -2.22. The fraction of sp³-hybridized carbons (Fsp3) is 0.700. The average Bonchev–Trinajstić information content (AvgIpc) is 2.18. The summed E-state index contributed by atoms with van der Waals surface area (Å²) in [6, 6.07) is 0. The molecule has 0 aromatic heterocycles. The molecule has 0 fully saturated rings. The summed E-state index contributed by atoms with van der Waals surface area (Å²) in [5.41, 5.74) is 0.562. The van der Waals surface area contributed by atoms with Gasteiger partial charge in [-0.2, -0.15) is 8.42 Å². The van der Waals surface area contributed by atoms with Gasteiger partial charge in [0, 0.05) is 12.1 Å². The largest absolute Gasteiger partial charge is 0.397 e. The SMILES string of the molecule is C=C(C)C(=O)NCC.CCOS(=O)(=O)O.CNC. The second-order valence-electron chi connectivity index (χ2n) is 2.97. The number of hydrogen-bond acceptors (Lipinski definition) is 5. The van der Waals surface area contributed by atoms with Gasteiger partial charge in [0.1, 0.15) is 0 Å². The van der Waals surface area contributed by atoms with Crippen LogP contribution in [0.15, 0.2) is 12.2 Å². The smallest absolute Gasteiger partial charge is 0.353 e. The Kier molecular flexibility index (Phi) is 17.4. The van der Waals surface area contributed by atoms with Crippen LogP contribution in [-0.4, -0.2) is 46.1 Å². The molecule has 0 aliphatic rings. The molecule has 3 N–H and O–H groups in total. The zero-order chi connectivity index (χ0) is 15.2. The lowest BCUT2D eigenvalue weighted by Gasteiger charge is -1.97. The van der Waals surface area contributed by atoms with Crippen molar-refractivity contribution >= 4 is 16.3 Å². The van der Waals surface area contributed by atoms with Gasteiger partial charge < -0.3 is 10.6 Å². The van der Waals surface area contributed by atoms with Crippen LogP contribution in [0.3, 0.4) is 0 Å². The number of carbonyl (C=O) groups excluding carboxylic acids is 1. The normalized spacial score (nSPS) is 9.22. The van der Waals surface area contributed by atoms with Crippen molar-refractivity contribution in [1.82, 2.24) is 10.6 Å². The van der Waals surface area contributed by atoms with Crippen molar-refractivity contribution in [2.45, 2.75) is 20.8 Å². The van der Waals surface area contributed by atoms with E-state index in [0.717, 1.165) is 0 Å². The molecule has 1 amide bonds. The fourth-order valence-corrected chi connectivity index (χ4v) is 0.758.